The SMILES string of the molecule is CC(Oc1cc(C(=O)NC(CCC(=O)O)C(=O)N2CCN(C(=O)O)CC2)nn1-c1ccccc1)C(=O)N1CCCC1C(=O)N(C)C. The molecule has 3 atom stereocenters. The minimum atomic E-state index is -1.21. The molecule has 16 nitrogen and oxygen atoms in total. The Labute approximate surface area is 265 Å². The number of hydrogen-bond acceptors (Lipinski definition) is 8. The summed E-state index contributed by atoms with van der Waals surface area (Å²) in [6.07, 6.45) is -1.53. The van der Waals surface area contributed by atoms with Crippen LogP contribution in [0.3, 0.4) is 0 Å². The molecule has 0 bridgehead atoms. The van der Waals surface area contributed by atoms with Gasteiger partial charge in [-0.05, 0) is 38.3 Å². The van der Waals surface area contributed by atoms with Gasteiger partial charge in [-0.25, -0.2) is 9.48 Å². The first-order chi connectivity index (χ1) is 21.9. The number of carboxylic acid groups (broad SMARTS) is 2. The second-order valence-electron chi connectivity index (χ2n) is 11.4. The zero-order valence-corrected chi connectivity index (χ0v) is 26.0. The van der Waals surface area contributed by atoms with E-state index in [9.17, 15) is 39.0 Å². The molecule has 1 aromatic carbocycles. The zero-order chi connectivity index (χ0) is 33.5. The van der Waals surface area contributed by atoms with Crippen molar-refractivity contribution in [1.29, 1.82) is 0 Å². The van der Waals surface area contributed by atoms with Gasteiger partial charge < -0.3 is 39.9 Å². The maximum Gasteiger partial charge on any atom is 0.407 e. The first-order valence-corrected chi connectivity index (χ1v) is 15.0. The van der Waals surface area contributed by atoms with Crippen molar-refractivity contribution >= 4 is 35.7 Å². The molecule has 248 valence electrons. The first kappa shape index (κ1) is 33.7. The largest absolute Gasteiger partial charge is 0.481 e. The fourth-order valence-corrected chi connectivity index (χ4v) is 5.46. The number of likely N-dealkylation sites (N-methyl/N-ethyl adjacent to an activating group) is 1. The maximum absolute atomic E-state index is 13.5. The number of hydrogen-bond donors (Lipinski definition) is 3. The fourth-order valence-electron chi connectivity index (χ4n) is 5.46. The van der Waals surface area contributed by atoms with Crippen molar-refractivity contribution in [1.82, 2.24) is 34.7 Å². The Morgan fingerprint density at radius 3 is 2.24 bits per heavy atom. The number of aliphatic carboxylic acids is 1. The molecule has 0 aliphatic carbocycles. The smallest absolute Gasteiger partial charge is 0.407 e. The molecule has 0 saturated carbocycles. The van der Waals surface area contributed by atoms with E-state index in [1.54, 1.807) is 51.4 Å². The molecule has 2 aliphatic heterocycles. The molecule has 0 spiro atoms. The summed E-state index contributed by atoms with van der Waals surface area (Å²) in [6.45, 7) is 2.30. The fraction of sp³-hybridized carbons (Fsp3) is 0.500. The van der Waals surface area contributed by atoms with E-state index in [2.05, 4.69) is 10.4 Å². The molecule has 2 fully saturated rings. The maximum atomic E-state index is 13.5. The van der Waals surface area contributed by atoms with Gasteiger partial charge in [0.15, 0.2) is 11.8 Å². The van der Waals surface area contributed by atoms with E-state index in [-0.39, 0.29) is 50.1 Å². The van der Waals surface area contributed by atoms with Gasteiger partial charge in [-0.1, -0.05) is 18.2 Å². The van der Waals surface area contributed by atoms with E-state index in [0.29, 0.717) is 25.1 Å². The van der Waals surface area contributed by atoms with Crippen molar-refractivity contribution in [3.8, 4) is 11.6 Å². The van der Waals surface area contributed by atoms with Crippen LogP contribution < -0.4 is 10.1 Å². The lowest BCUT2D eigenvalue weighted by Gasteiger charge is -2.35. The predicted molar refractivity (Wildman–Crippen MR) is 161 cm³/mol. The molecule has 4 rings (SSSR count). The van der Waals surface area contributed by atoms with Gasteiger partial charge in [-0.15, -0.1) is 0 Å². The van der Waals surface area contributed by atoms with Crippen molar-refractivity contribution in [2.24, 2.45) is 0 Å². The number of benzene rings is 1. The predicted octanol–water partition coefficient (Wildman–Crippen LogP) is 0.504. The second kappa shape index (κ2) is 14.8. The van der Waals surface area contributed by atoms with Crippen LogP contribution in [0.2, 0.25) is 0 Å². The summed E-state index contributed by atoms with van der Waals surface area (Å²) in [6, 6.07) is 8.24. The van der Waals surface area contributed by atoms with Crippen molar-refractivity contribution in [2.45, 2.75) is 50.8 Å². The van der Waals surface area contributed by atoms with Gasteiger partial charge >= 0.3 is 12.1 Å². The number of nitrogens with zero attached hydrogens (tertiary/aromatic N) is 6. The summed E-state index contributed by atoms with van der Waals surface area (Å²) in [5, 5.41) is 25.4. The molecule has 0 radical (unpaired) electrons. The van der Waals surface area contributed by atoms with Crippen LogP contribution in [-0.4, -0.2) is 140 Å². The number of rotatable bonds is 11. The Bertz CT molecular complexity index is 1450. The lowest BCUT2D eigenvalue weighted by Crippen LogP contribution is -2.55. The minimum Gasteiger partial charge on any atom is -0.481 e. The average molecular weight is 642 g/mol. The van der Waals surface area contributed by atoms with Crippen LogP contribution in [0, 0.1) is 0 Å². The lowest BCUT2D eigenvalue weighted by molar-refractivity contribution is -0.146. The molecule has 46 heavy (non-hydrogen) atoms. The molecule has 1 aromatic heterocycles. The standard InChI is InChI=1S/C30H39N7O9/c1-19(27(41)36-13-7-10-23(36)29(43)33(2)3)46-24-18-22(32-37(24)20-8-5-4-6-9-20)26(40)31-21(11-12-25(38)39)28(42)34-14-16-35(17-15-34)30(44)45/h4-6,8-9,18-19,21,23H,7,10-17H2,1-3H3,(H,31,40)(H,38,39)(H,44,45). The molecule has 2 aliphatic rings. The Hall–Kier alpha value is -5.15. The Morgan fingerprint density at radius 1 is 0.978 bits per heavy atom. The Balaban J connectivity index is 1.55. The van der Waals surface area contributed by atoms with E-state index < -0.39 is 54.4 Å². The summed E-state index contributed by atoms with van der Waals surface area (Å²) in [5.41, 5.74) is 0.372. The second-order valence-corrected chi connectivity index (χ2v) is 11.4. The van der Waals surface area contributed by atoms with Crippen LogP contribution in [0.15, 0.2) is 36.4 Å². The van der Waals surface area contributed by atoms with Crippen molar-refractivity contribution < 1.29 is 43.7 Å². The summed E-state index contributed by atoms with van der Waals surface area (Å²) < 4.78 is 7.39. The number of carboxylic acids is 1. The van der Waals surface area contributed by atoms with Gasteiger partial charge in [-0.3, -0.25) is 24.0 Å². The number of amides is 5. The van der Waals surface area contributed by atoms with Crippen LogP contribution in [0.1, 0.15) is 43.1 Å². The number of carbonyl (C=O) groups excluding carboxylic acids is 4. The zero-order valence-electron chi connectivity index (χ0n) is 26.0. The third-order valence-corrected chi connectivity index (χ3v) is 7.93. The highest BCUT2D eigenvalue weighted by Gasteiger charge is 2.38. The molecule has 3 N–H and O–H groups in total. The van der Waals surface area contributed by atoms with Crippen LogP contribution in [-0.2, 0) is 19.2 Å². The molecule has 3 heterocycles. The van der Waals surface area contributed by atoms with Crippen molar-refractivity contribution in [2.75, 3.05) is 46.8 Å². The number of piperazine rings is 1. The van der Waals surface area contributed by atoms with Crippen LogP contribution in [0.5, 0.6) is 5.88 Å². The summed E-state index contributed by atoms with van der Waals surface area (Å²) >= 11 is 0. The highest BCUT2D eigenvalue weighted by Crippen LogP contribution is 2.24. The van der Waals surface area contributed by atoms with Gasteiger partial charge in [0.05, 0.1) is 5.69 Å². The normalized spacial score (nSPS) is 17.6. The lowest BCUT2D eigenvalue weighted by atomic mass is 10.1. The topological polar surface area (TPSA) is 195 Å². The van der Waals surface area contributed by atoms with Crippen LogP contribution in [0.4, 0.5) is 4.79 Å². The number of nitrogens with one attached hydrogen (secondary N) is 1. The van der Waals surface area contributed by atoms with Gasteiger partial charge in [0.25, 0.3) is 11.8 Å². The van der Waals surface area contributed by atoms with Gasteiger partial charge in [-0.2, -0.15) is 5.10 Å². The molecule has 2 aromatic rings. The number of likely N-dealkylation sites (tertiary alicyclic amines) is 1. The number of aromatic nitrogens is 2. The summed E-state index contributed by atoms with van der Waals surface area (Å²) in [4.78, 5) is 81.0. The average Bonchev–Trinajstić information content (AvgIpc) is 3.70. The van der Waals surface area contributed by atoms with Crippen LogP contribution in [0.25, 0.3) is 5.69 Å². The quantitative estimate of drug-likeness (QED) is 0.311. The van der Waals surface area contributed by atoms with E-state index in [4.69, 9.17) is 4.74 Å². The van der Waals surface area contributed by atoms with Gasteiger partial charge in [0, 0.05) is 59.3 Å². The summed E-state index contributed by atoms with van der Waals surface area (Å²) in [7, 11) is 3.26. The third-order valence-electron chi connectivity index (χ3n) is 7.93. The van der Waals surface area contributed by atoms with E-state index in [1.165, 1.54) is 30.3 Å². The van der Waals surface area contributed by atoms with Crippen LogP contribution >= 0.6 is 0 Å². The molecular weight excluding hydrogens is 602 g/mol. The highest BCUT2D eigenvalue weighted by atomic mass is 16.5. The highest BCUT2D eigenvalue weighted by molar-refractivity contribution is 5.96. The molecular formula is C30H39N7O9. The monoisotopic (exact) mass is 641 g/mol. The molecule has 16 heteroatoms. The Morgan fingerprint density at radius 2 is 1.63 bits per heavy atom. The third kappa shape index (κ3) is 7.92. The first-order valence-electron chi connectivity index (χ1n) is 15.0. The number of para-hydroxylation sites is 1. The minimum absolute atomic E-state index is 0.0603. The number of ether oxygens (including phenoxy) is 1. The molecule has 3 unspecified atom stereocenters. The Kier molecular flexibility index (Phi) is 10.8. The summed E-state index contributed by atoms with van der Waals surface area (Å²) in [5.74, 6) is -2.98. The number of carbonyl (C=O) groups is 6. The van der Waals surface area contributed by atoms with E-state index in [0.717, 1.165) is 0 Å². The van der Waals surface area contributed by atoms with E-state index >= 15 is 0 Å². The van der Waals surface area contributed by atoms with Crippen molar-refractivity contribution in [3.63, 3.8) is 0 Å². The van der Waals surface area contributed by atoms with Gasteiger partial charge in [0.1, 0.15) is 12.1 Å². The molecule has 2 saturated heterocycles. The van der Waals surface area contributed by atoms with Gasteiger partial charge in [0.2, 0.25) is 17.7 Å². The van der Waals surface area contributed by atoms with Crippen molar-refractivity contribution in [3.05, 3.63) is 42.1 Å². The molecule has 5 amide bonds. The van der Waals surface area contributed by atoms with E-state index in [1.807, 2.05) is 0 Å².